The molecular weight excluding hydrogens is 566 g/mol. The highest BCUT2D eigenvalue weighted by Crippen LogP contribution is 2.40. The Morgan fingerprint density at radius 1 is 0.974 bits per heavy atom. The molecule has 1 atom stereocenters. The minimum Gasteiger partial charge on any atom is -0.484 e. The maximum absolute atomic E-state index is 13.1. The van der Waals surface area contributed by atoms with Crippen LogP contribution in [0.15, 0.2) is 79.0 Å². The molecule has 0 aliphatic carbocycles. The van der Waals surface area contributed by atoms with Crippen molar-refractivity contribution in [1.82, 2.24) is 10.3 Å². The molecule has 2 N–H and O–H groups in total. The maximum atomic E-state index is 13.1. The van der Waals surface area contributed by atoms with Crippen LogP contribution in [0.2, 0.25) is 5.02 Å². The normalized spacial score (nSPS) is 12.5. The molecule has 1 unspecified atom stereocenters. The molecule has 4 aromatic rings. The molecule has 0 saturated carbocycles. The third-order valence-corrected chi connectivity index (χ3v) is 6.70. The van der Waals surface area contributed by atoms with Crippen LogP contribution in [0.5, 0.6) is 11.5 Å². The number of ether oxygens (including phenoxy) is 1. The Morgan fingerprint density at radius 2 is 1.72 bits per heavy atom. The van der Waals surface area contributed by atoms with E-state index in [-0.39, 0.29) is 34.1 Å². The second kappa shape index (κ2) is 11.5. The predicted molar refractivity (Wildman–Crippen MR) is 149 cm³/mol. The van der Waals surface area contributed by atoms with Crippen molar-refractivity contribution in [1.29, 1.82) is 0 Å². The molecule has 0 radical (unpaired) electrons. The monoisotopic (exact) mass is 589 g/mol. The first-order valence-corrected chi connectivity index (χ1v) is 15.5. The standard InChI is InChI=1S/C26H24ClN3O7S2/c1-38(32,33)30-18-9-6-8-17(14-18)24(29-23(31)16-36-19-10-4-3-5-11-19)21-15-22(27)20-12-7-13-28-25(20)26(21)37-39(2,34)35/h3-15,24,30H,16H2,1-2H3,(H,29,31). The zero-order chi connectivity index (χ0) is 28.2. The molecule has 3 aromatic carbocycles. The largest absolute Gasteiger partial charge is 0.484 e. The van der Waals surface area contributed by atoms with E-state index in [2.05, 4.69) is 15.0 Å². The predicted octanol–water partition coefficient (Wildman–Crippen LogP) is 3.88. The van der Waals surface area contributed by atoms with E-state index in [1.807, 2.05) is 0 Å². The Balaban J connectivity index is 1.84. The Kier molecular flexibility index (Phi) is 8.28. The van der Waals surface area contributed by atoms with Crippen molar-refractivity contribution < 1.29 is 30.6 Å². The molecule has 13 heteroatoms. The number of carbonyl (C=O) groups is 1. The number of sulfonamides is 1. The minimum absolute atomic E-state index is 0.131. The summed E-state index contributed by atoms with van der Waals surface area (Å²) in [5, 5.41) is 3.50. The molecule has 39 heavy (non-hydrogen) atoms. The quantitative estimate of drug-likeness (QED) is 0.266. The summed E-state index contributed by atoms with van der Waals surface area (Å²) in [4.78, 5) is 17.4. The fourth-order valence-electron chi connectivity index (χ4n) is 3.85. The zero-order valence-corrected chi connectivity index (χ0v) is 23.2. The number of para-hydroxylation sites is 1. The first kappa shape index (κ1) is 28.1. The number of aromatic nitrogens is 1. The molecule has 1 aromatic heterocycles. The fraction of sp³-hybridized carbons (Fsp3) is 0.154. The van der Waals surface area contributed by atoms with E-state index in [4.69, 9.17) is 20.5 Å². The van der Waals surface area contributed by atoms with E-state index in [0.717, 1.165) is 12.5 Å². The van der Waals surface area contributed by atoms with Crippen LogP contribution in [0, 0.1) is 0 Å². The summed E-state index contributed by atoms with van der Waals surface area (Å²) in [5.41, 5.74) is 0.976. The van der Waals surface area contributed by atoms with Crippen molar-refractivity contribution in [2.45, 2.75) is 6.04 Å². The summed E-state index contributed by atoms with van der Waals surface area (Å²) in [6.45, 7) is -0.358. The van der Waals surface area contributed by atoms with Gasteiger partial charge in [0.15, 0.2) is 12.4 Å². The smallest absolute Gasteiger partial charge is 0.306 e. The molecule has 0 aliphatic heterocycles. The van der Waals surface area contributed by atoms with Gasteiger partial charge >= 0.3 is 10.1 Å². The van der Waals surface area contributed by atoms with Crippen LogP contribution in [0.3, 0.4) is 0 Å². The van der Waals surface area contributed by atoms with E-state index < -0.39 is 32.1 Å². The van der Waals surface area contributed by atoms with Gasteiger partial charge in [0.2, 0.25) is 10.0 Å². The van der Waals surface area contributed by atoms with Gasteiger partial charge in [-0.1, -0.05) is 41.9 Å². The number of nitrogens with one attached hydrogen (secondary N) is 2. The molecule has 0 spiro atoms. The van der Waals surface area contributed by atoms with Gasteiger partial charge in [-0.05, 0) is 48.0 Å². The molecule has 1 amide bonds. The molecule has 4 rings (SSSR count). The lowest BCUT2D eigenvalue weighted by Crippen LogP contribution is -2.33. The van der Waals surface area contributed by atoms with E-state index in [1.165, 1.54) is 24.4 Å². The summed E-state index contributed by atoms with van der Waals surface area (Å²) < 4.78 is 61.6. The average molecular weight is 590 g/mol. The molecule has 0 bridgehead atoms. The van der Waals surface area contributed by atoms with Gasteiger partial charge < -0.3 is 14.2 Å². The van der Waals surface area contributed by atoms with Crippen LogP contribution in [0.4, 0.5) is 5.69 Å². The third kappa shape index (κ3) is 7.59. The zero-order valence-electron chi connectivity index (χ0n) is 20.8. The summed E-state index contributed by atoms with van der Waals surface area (Å²) >= 11 is 6.56. The van der Waals surface area contributed by atoms with Crippen LogP contribution in [0.25, 0.3) is 10.9 Å². The van der Waals surface area contributed by atoms with Crippen molar-refractivity contribution in [3.8, 4) is 11.5 Å². The number of carbonyl (C=O) groups excluding carboxylic acids is 1. The number of rotatable bonds is 10. The van der Waals surface area contributed by atoms with E-state index in [1.54, 1.807) is 54.6 Å². The van der Waals surface area contributed by atoms with Crippen LogP contribution in [-0.4, -0.2) is 46.8 Å². The van der Waals surface area contributed by atoms with Crippen LogP contribution in [0.1, 0.15) is 17.2 Å². The number of nitrogens with zero attached hydrogens (tertiary/aromatic N) is 1. The lowest BCUT2D eigenvalue weighted by atomic mass is 9.95. The van der Waals surface area contributed by atoms with E-state index in [9.17, 15) is 21.6 Å². The van der Waals surface area contributed by atoms with Gasteiger partial charge in [0.25, 0.3) is 5.91 Å². The van der Waals surface area contributed by atoms with Crippen molar-refractivity contribution in [2.75, 3.05) is 23.8 Å². The van der Waals surface area contributed by atoms with Crippen molar-refractivity contribution in [3.63, 3.8) is 0 Å². The van der Waals surface area contributed by atoms with E-state index >= 15 is 0 Å². The Morgan fingerprint density at radius 3 is 2.41 bits per heavy atom. The van der Waals surface area contributed by atoms with Gasteiger partial charge in [-0.2, -0.15) is 8.42 Å². The van der Waals surface area contributed by atoms with Gasteiger partial charge in [0.1, 0.15) is 11.3 Å². The Bertz CT molecular complexity index is 1730. The van der Waals surface area contributed by atoms with Gasteiger partial charge in [-0.15, -0.1) is 0 Å². The van der Waals surface area contributed by atoms with Gasteiger partial charge in [-0.3, -0.25) is 14.5 Å². The highest BCUT2D eigenvalue weighted by Gasteiger charge is 2.27. The van der Waals surface area contributed by atoms with Crippen LogP contribution >= 0.6 is 11.6 Å². The number of hydrogen-bond acceptors (Lipinski definition) is 8. The maximum Gasteiger partial charge on any atom is 0.306 e. The van der Waals surface area contributed by atoms with Crippen molar-refractivity contribution >= 4 is 54.2 Å². The topological polar surface area (TPSA) is 141 Å². The van der Waals surface area contributed by atoms with E-state index in [0.29, 0.717) is 16.7 Å². The highest BCUT2D eigenvalue weighted by atomic mass is 35.5. The summed E-state index contributed by atoms with van der Waals surface area (Å²) in [7, 11) is -7.65. The lowest BCUT2D eigenvalue weighted by molar-refractivity contribution is -0.123. The number of amides is 1. The first-order valence-electron chi connectivity index (χ1n) is 11.4. The Hall–Kier alpha value is -3.87. The molecule has 0 saturated heterocycles. The van der Waals surface area contributed by atoms with Gasteiger partial charge in [-0.25, -0.2) is 8.42 Å². The highest BCUT2D eigenvalue weighted by molar-refractivity contribution is 7.92. The number of pyridine rings is 1. The molecular formula is C26H24ClN3O7S2. The Labute approximate surface area is 231 Å². The number of fused-ring (bicyclic) bond motifs is 1. The van der Waals surface area contributed by atoms with Crippen molar-refractivity contribution in [3.05, 3.63) is 95.1 Å². The van der Waals surface area contributed by atoms with Gasteiger partial charge in [0.05, 0.1) is 23.6 Å². The number of benzene rings is 3. The molecule has 1 heterocycles. The summed E-state index contributed by atoms with van der Waals surface area (Å²) in [6.07, 6.45) is 3.35. The lowest BCUT2D eigenvalue weighted by Gasteiger charge is -2.24. The van der Waals surface area contributed by atoms with Crippen LogP contribution < -0.4 is 19.0 Å². The number of halogens is 1. The molecule has 0 aliphatic rings. The number of hydrogen-bond donors (Lipinski definition) is 2. The summed E-state index contributed by atoms with van der Waals surface area (Å²) in [6, 6.07) is 18.7. The van der Waals surface area contributed by atoms with Crippen LogP contribution in [-0.2, 0) is 24.9 Å². The molecule has 204 valence electrons. The first-order chi connectivity index (χ1) is 18.4. The van der Waals surface area contributed by atoms with Gasteiger partial charge in [0, 0.05) is 22.8 Å². The van der Waals surface area contributed by atoms with Crippen molar-refractivity contribution in [2.24, 2.45) is 0 Å². The third-order valence-electron chi connectivity index (χ3n) is 5.31. The summed E-state index contributed by atoms with van der Waals surface area (Å²) in [5.74, 6) is -0.205. The minimum atomic E-state index is -4.04. The SMILES string of the molecule is CS(=O)(=O)Nc1cccc(C(NC(=O)COc2ccccc2)c2cc(Cl)c3cccnc3c2OS(C)(=O)=O)c1. The average Bonchev–Trinajstić information content (AvgIpc) is 2.87. The molecule has 10 nitrogen and oxygen atoms in total. The fourth-order valence-corrected chi connectivity index (χ4v) is 5.16. The molecule has 0 fully saturated rings. The second-order valence-corrected chi connectivity index (χ2v) is 12.3. The second-order valence-electron chi connectivity index (χ2n) is 8.57. The number of anilines is 1.